The van der Waals surface area contributed by atoms with E-state index in [0.717, 1.165) is 10.0 Å². The smallest absolute Gasteiger partial charge is 0.309 e. The fourth-order valence-electron chi connectivity index (χ4n) is 2.21. The van der Waals surface area contributed by atoms with Crippen molar-refractivity contribution in [3.8, 4) is 0 Å². The highest BCUT2D eigenvalue weighted by Crippen LogP contribution is 2.37. The second kappa shape index (κ2) is 4.49. The normalized spacial score (nSPS) is 24.1. The van der Waals surface area contributed by atoms with Gasteiger partial charge in [0, 0.05) is 17.9 Å². The number of hydrogen-bond donors (Lipinski definition) is 1. The molecule has 2 rings (SSSR count). The van der Waals surface area contributed by atoms with Crippen molar-refractivity contribution < 1.29 is 14.7 Å². The lowest BCUT2D eigenvalue weighted by molar-refractivity contribution is -0.142. The van der Waals surface area contributed by atoms with Crippen LogP contribution in [0.3, 0.4) is 0 Å². The Balaban J connectivity index is 2.37. The van der Waals surface area contributed by atoms with Crippen LogP contribution in [0.25, 0.3) is 0 Å². The molecule has 1 aromatic carbocycles. The second-order valence-corrected chi connectivity index (χ2v) is 5.07. The van der Waals surface area contributed by atoms with Gasteiger partial charge in [-0.15, -0.1) is 0 Å². The highest BCUT2D eigenvalue weighted by molar-refractivity contribution is 9.10. The van der Waals surface area contributed by atoms with Gasteiger partial charge in [-0.1, -0.05) is 28.1 Å². The molecule has 5 heteroatoms. The van der Waals surface area contributed by atoms with Crippen molar-refractivity contribution in [2.24, 2.45) is 5.92 Å². The van der Waals surface area contributed by atoms with Crippen molar-refractivity contribution in [3.05, 3.63) is 34.3 Å². The van der Waals surface area contributed by atoms with Gasteiger partial charge in [0.05, 0.1) is 12.0 Å². The molecule has 0 radical (unpaired) electrons. The minimum absolute atomic E-state index is 0.0760. The number of likely N-dealkylation sites (tertiary alicyclic amines) is 1. The highest BCUT2D eigenvalue weighted by atomic mass is 79.9. The Hall–Kier alpha value is -1.36. The average molecular weight is 298 g/mol. The molecule has 1 amide bonds. The summed E-state index contributed by atoms with van der Waals surface area (Å²) >= 11 is 3.33. The summed E-state index contributed by atoms with van der Waals surface area (Å²) in [4.78, 5) is 24.3. The lowest BCUT2D eigenvalue weighted by Gasteiger charge is -2.23. The van der Waals surface area contributed by atoms with Crippen LogP contribution in [0.15, 0.2) is 28.7 Å². The van der Waals surface area contributed by atoms with Gasteiger partial charge < -0.3 is 10.0 Å². The van der Waals surface area contributed by atoms with Gasteiger partial charge in [0.15, 0.2) is 0 Å². The number of carbonyl (C=O) groups excluding carboxylic acids is 1. The SMILES string of the molecule is CN1C(=O)CC(C(=O)O)C1c1ccc(Br)cc1. The van der Waals surface area contributed by atoms with Gasteiger partial charge in [0.1, 0.15) is 0 Å². The van der Waals surface area contributed by atoms with E-state index in [1.54, 1.807) is 7.05 Å². The van der Waals surface area contributed by atoms with Crippen LogP contribution in [-0.2, 0) is 9.59 Å². The molecule has 1 aliphatic rings. The first-order valence-electron chi connectivity index (χ1n) is 5.24. The molecule has 1 aliphatic heterocycles. The minimum Gasteiger partial charge on any atom is -0.481 e. The number of nitrogens with zero attached hydrogens (tertiary/aromatic N) is 1. The molecule has 2 unspecified atom stereocenters. The van der Waals surface area contributed by atoms with Crippen LogP contribution in [0.1, 0.15) is 18.0 Å². The van der Waals surface area contributed by atoms with Crippen molar-refractivity contribution in [1.82, 2.24) is 4.90 Å². The van der Waals surface area contributed by atoms with Gasteiger partial charge in [-0.2, -0.15) is 0 Å². The Morgan fingerprint density at radius 1 is 1.41 bits per heavy atom. The van der Waals surface area contributed by atoms with Gasteiger partial charge in [0.25, 0.3) is 0 Å². The zero-order chi connectivity index (χ0) is 12.6. The summed E-state index contributed by atoms with van der Waals surface area (Å²) in [5.41, 5.74) is 0.856. The van der Waals surface area contributed by atoms with E-state index in [9.17, 15) is 9.59 Å². The highest BCUT2D eigenvalue weighted by Gasteiger charge is 2.42. The summed E-state index contributed by atoms with van der Waals surface area (Å²) in [5.74, 6) is -1.70. The molecule has 1 fully saturated rings. The Morgan fingerprint density at radius 2 is 2.00 bits per heavy atom. The van der Waals surface area contributed by atoms with Crippen LogP contribution in [0.4, 0.5) is 0 Å². The number of carboxylic acids is 1. The van der Waals surface area contributed by atoms with Gasteiger partial charge in [-0.05, 0) is 17.7 Å². The van der Waals surface area contributed by atoms with E-state index in [-0.39, 0.29) is 18.4 Å². The quantitative estimate of drug-likeness (QED) is 0.909. The van der Waals surface area contributed by atoms with E-state index < -0.39 is 11.9 Å². The van der Waals surface area contributed by atoms with E-state index in [1.165, 1.54) is 4.90 Å². The second-order valence-electron chi connectivity index (χ2n) is 4.15. The minimum atomic E-state index is -0.921. The maximum Gasteiger partial charge on any atom is 0.309 e. The van der Waals surface area contributed by atoms with Crippen LogP contribution in [-0.4, -0.2) is 28.9 Å². The molecule has 4 nitrogen and oxygen atoms in total. The fourth-order valence-corrected chi connectivity index (χ4v) is 2.47. The summed E-state index contributed by atoms with van der Waals surface area (Å²) in [6, 6.07) is 7.03. The number of aliphatic carboxylic acids is 1. The van der Waals surface area contributed by atoms with Crippen molar-refractivity contribution >= 4 is 27.8 Å². The first kappa shape index (κ1) is 12.1. The van der Waals surface area contributed by atoms with E-state index in [2.05, 4.69) is 15.9 Å². The fraction of sp³-hybridized carbons (Fsp3) is 0.333. The van der Waals surface area contributed by atoms with Crippen LogP contribution in [0, 0.1) is 5.92 Å². The third-order valence-electron chi connectivity index (χ3n) is 3.12. The topological polar surface area (TPSA) is 57.6 Å². The standard InChI is InChI=1S/C12H12BrNO3/c1-14-10(15)6-9(12(16)17)11(14)7-2-4-8(13)5-3-7/h2-5,9,11H,6H2,1H3,(H,16,17). The first-order chi connectivity index (χ1) is 8.00. The average Bonchev–Trinajstić information content (AvgIpc) is 2.57. The predicted octanol–water partition coefficient (Wildman–Crippen LogP) is 2.05. The van der Waals surface area contributed by atoms with E-state index in [0.29, 0.717) is 0 Å². The van der Waals surface area contributed by atoms with E-state index >= 15 is 0 Å². The molecule has 17 heavy (non-hydrogen) atoms. The third kappa shape index (κ3) is 2.20. The molecule has 1 N–H and O–H groups in total. The molecular weight excluding hydrogens is 286 g/mol. The predicted molar refractivity (Wildman–Crippen MR) is 65.4 cm³/mol. The molecular formula is C12H12BrNO3. The summed E-state index contributed by atoms with van der Waals surface area (Å²) in [5, 5.41) is 9.15. The van der Waals surface area contributed by atoms with Crippen LogP contribution in [0.2, 0.25) is 0 Å². The molecule has 0 bridgehead atoms. The number of carbonyl (C=O) groups is 2. The van der Waals surface area contributed by atoms with Crippen LogP contribution >= 0.6 is 15.9 Å². The monoisotopic (exact) mass is 297 g/mol. The van der Waals surface area contributed by atoms with Crippen LogP contribution < -0.4 is 0 Å². The third-order valence-corrected chi connectivity index (χ3v) is 3.64. The number of carboxylic acid groups (broad SMARTS) is 1. The molecule has 90 valence electrons. The number of halogens is 1. The number of amides is 1. The lowest BCUT2D eigenvalue weighted by atomic mass is 9.94. The maximum atomic E-state index is 11.6. The summed E-state index contributed by atoms with van der Waals surface area (Å²) in [6.07, 6.45) is 0.0760. The molecule has 0 aromatic heterocycles. The Bertz CT molecular complexity index is 457. The first-order valence-corrected chi connectivity index (χ1v) is 6.04. The summed E-state index contributed by atoms with van der Waals surface area (Å²) < 4.78 is 0.931. The number of benzene rings is 1. The van der Waals surface area contributed by atoms with E-state index in [4.69, 9.17) is 5.11 Å². The zero-order valence-corrected chi connectivity index (χ0v) is 10.8. The molecule has 1 saturated heterocycles. The largest absolute Gasteiger partial charge is 0.481 e. The summed E-state index contributed by atoms with van der Waals surface area (Å²) in [7, 11) is 1.65. The van der Waals surface area contributed by atoms with E-state index in [1.807, 2.05) is 24.3 Å². The zero-order valence-electron chi connectivity index (χ0n) is 9.26. The maximum absolute atomic E-state index is 11.6. The van der Waals surface area contributed by atoms with Crippen molar-refractivity contribution in [1.29, 1.82) is 0 Å². The number of rotatable bonds is 2. The molecule has 0 aliphatic carbocycles. The van der Waals surface area contributed by atoms with Crippen molar-refractivity contribution in [2.45, 2.75) is 12.5 Å². The molecule has 1 heterocycles. The van der Waals surface area contributed by atoms with Gasteiger partial charge >= 0.3 is 5.97 Å². The Morgan fingerprint density at radius 3 is 2.53 bits per heavy atom. The summed E-state index contributed by atoms with van der Waals surface area (Å²) in [6.45, 7) is 0. The Labute approximate surface area is 107 Å². The Kier molecular flexibility index (Phi) is 3.19. The van der Waals surface area contributed by atoms with Crippen molar-refractivity contribution in [3.63, 3.8) is 0 Å². The molecule has 1 aromatic rings. The molecule has 0 saturated carbocycles. The van der Waals surface area contributed by atoms with Gasteiger partial charge in [0.2, 0.25) is 5.91 Å². The molecule has 2 atom stereocenters. The van der Waals surface area contributed by atoms with Crippen molar-refractivity contribution in [2.75, 3.05) is 7.05 Å². The molecule has 0 spiro atoms. The van der Waals surface area contributed by atoms with Crippen LogP contribution in [0.5, 0.6) is 0 Å². The lowest BCUT2D eigenvalue weighted by Crippen LogP contribution is -2.26. The van der Waals surface area contributed by atoms with Gasteiger partial charge in [-0.25, -0.2) is 0 Å². The van der Waals surface area contributed by atoms with Gasteiger partial charge in [-0.3, -0.25) is 9.59 Å². The number of hydrogen-bond acceptors (Lipinski definition) is 2.